The number of nitrogens with zero attached hydrogens (tertiary/aromatic N) is 1. The summed E-state index contributed by atoms with van der Waals surface area (Å²) >= 11 is 0. The minimum Gasteiger partial charge on any atom is -0.247 e. The highest BCUT2D eigenvalue weighted by atomic mass is 15.0. The van der Waals surface area contributed by atoms with Crippen LogP contribution in [-0.4, -0.2) is 4.98 Å². The van der Waals surface area contributed by atoms with Gasteiger partial charge in [0.25, 0.3) is 5.82 Å². The van der Waals surface area contributed by atoms with Gasteiger partial charge < -0.3 is 0 Å². The van der Waals surface area contributed by atoms with Crippen LogP contribution in [0.3, 0.4) is 0 Å². The van der Waals surface area contributed by atoms with Crippen molar-refractivity contribution in [3.63, 3.8) is 0 Å². The fraction of sp³-hybridized carbons (Fsp3) is 0.762. The van der Waals surface area contributed by atoms with Gasteiger partial charge in [0.1, 0.15) is 12.4 Å². The van der Waals surface area contributed by atoms with E-state index in [2.05, 4.69) is 41.9 Å². The molecule has 0 saturated heterocycles. The summed E-state index contributed by atoms with van der Waals surface area (Å²) < 4.78 is 2.14. The molecule has 2 heteroatoms. The van der Waals surface area contributed by atoms with Gasteiger partial charge in [0.15, 0.2) is 0 Å². The van der Waals surface area contributed by atoms with Crippen molar-refractivity contribution in [3.05, 3.63) is 24.3 Å². The molecule has 132 valence electrons. The van der Waals surface area contributed by atoms with Gasteiger partial charge in [-0.15, -0.1) is 0 Å². The molecule has 1 heterocycles. The van der Waals surface area contributed by atoms with Gasteiger partial charge >= 0.3 is 0 Å². The summed E-state index contributed by atoms with van der Waals surface area (Å²) in [4.78, 5) is 3.18. The van der Waals surface area contributed by atoms with Gasteiger partial charge in [-0.05, 0) is 18.9 Å². The Morgan fingerprint density at radius 2 is 1.35 bits per heavy atom. The molecule has 0 spiro atoms. The van der Waals surface area contributed by atoms with Crippen molar-refractivity contribution >= 4 is 6.20 Å². The molecule has 0 saturated carbocycles. The standard InChI is InChI=1S/C21H38N2/c1-3-4-5-6-7-8-9-10-11-12-13-14-15-16-17-19-23-20-18-22-21(23)2/h17-20H,3-16H2,1-2H3/p+1. The Kier molecular flexibility index (Phi) is 12.6. The van der Waals surface area contributed by atoms with Crippen LogP contribution in [0.15, 0.2) is 18.5 Å². The van der Waals surface area contributed by atoms with E-state index < -0.39 is 0 Å². The zero-order chi connectivity index (χ0) is 16.6. The number of aromatic amines is 1. The molecule has 23 heavy (non-hydrogen) atoms. The average Bonchev–Trinajstić information content (AvgIpc) is 2.96. The molecule has 0 atom stereocenters. The Labute approximate surface area is 144 Å². The molecule has 0 aromatic carbocycles. The van der Waals surface area contributed by atoms with Gasteiger partial charge in [-0.25, -0.2) is 9.55 Å². The number of rotatable bonds is 15. The Balaban J connectivity index is 1.78. The fourth-order valence-electron chi connectivity index (χ4n) is 3.05. The van der Waals surface area contributed by atoms with Crippen molar-refractivity contribution in [1.29, 1.82) is 0 Å². The molecule has 0 unspecified atom stereocenters. The zero-order valence-corrected chi connectivity index (χ0v) is 15.7. The van der Waals surface area contributed by atoms with Crippen LogP contribution in [0.1, 0.15) is 103 Å². The topological polar surface area (TPSA) is 19.7 Å². The maximum Gasteiger partial charge on any atom is 0.255 e. The number of hydrogen-bond acceptors (Lipinski definition) is 0. The van der Waals surface area contributed by atoms with Crippen LogP contribution in [0.5, 0.6) is 0 Å². The zero-order valence-electron chi connectivity index (χ0n) is 15.7. The molecular formula is C21H39N2+. The summed E-state index contributed by atoms with van der Waals surface area (Å²) in [5, 5.41) is 0. The Morgan fingerprint density at radius 1 is 0.826 bits per heavy atom. The van der Waals surface area contributed by atoms with Crippen molar-refractivity contribution in [3.8, 4) is 0 Å². The van der Waals surface area contributed by atoms with E-state index in [-0.39, 0.29) is 0 Å². The maximum atomic E-state index is 3.18. The molecule has 0 bridgehead atoms. The first-order chi connectivity index (χ1) is 11.3. The van der Waals surface area contributed by atoms with Crippen LogP contribution in [-0.2, 0) is 0 Å². The lowest BCUT2D eigenvalue weighted by atomic mass is 10.0. The van der Waals surface area contributed by atoms with Gasteiger partial charge in [0.2, 0.25) is 0 Å². The number of imidazole rings is 1. The fourth-order valence-corrected chi connectivity index (χ4v) is 3.05. The monoisotopic (exact) mass is 319 g/mol. The van der Waals surface area contributed by atoms with E-state index in [0.717, 1.165) is 0 Å². The molecule has 0 fully saturated rings. The van der Waals surface area contributed by atoms with E-state index in [4.69, 9.17) is 0 Å². The van der Waals surface area contributed by atoms with Crippen molar-refractivity contribution in [2.75, 3.05) is 0 Å². The Bertz CT molecular complexity index is 392. The molecule has 0 aliphatic heterocycles. The highest BCUT2D eigenvalue weighted by Gasteiger charge is 1.98. The third kappa shape index (κ3) is 11.2. The minimum absolute atomic E-state index is 1.19. The number of hydrogen-bond donors (Lipinski definition) is 1. The van der Waals surface area contributed by atoms with Gasteiger partial charge in [0, 0.05) is 6.92 Å². The molecule has 1 aromatic heterocycles. The number of allylic oxidation sites excluding steroid dienone is 1. The second-order valence-corrected chi connectivity index (χ2v) is 6.87. The van der Waals surface area contributed by atoms with E-state index in [9.17, 15) is 0 Å². The van der Waals surface area contributed by atoms with Gasteiger partial charge in [-0.1, -0.05) is 84.0 Å². The largest absolute Gasteiger partial charge is 0.255 e. The first-order valence-corrected chi connectivity index (χ1v) is 10.1. The third-order valence-corrected chi connectivity index (χ3v) is 4.66. The van der Waals surface area contributed by atoms with Crippen LogP contribution < -0.4 is 4.57 Å². The summed E-state index contributed by atoms with van der Waals surface area (Å²) in [6, 6.07) is 0. The molecule has 0 aliphatic rings. The predicted molar refractivity (Wildman–Crippen MR) is 101 cm³/mol. The first-order valence-electron chi connectivity index (χ1n) is 10.1. The van der Waals surface area contributed by atoms with E-state index in [1.165, 1.54) is 95.7 Å². The lowest BCUT2D eigenvalue weighted by Crippen LogP contribution is -2.26. The average molecular weight is 320 g/mol. The number of aromatic nitrogens is 2. The SMILES string of the molecule is CCCCCCCCCCCCCCCC=C[n+]1cc[nH]c1C. The first kappa shape index (κ1) is 20.0. The molecule has 0 radical (unpaired) electrons. The van der Waals surface area contributed by atoms with Gasteiger partial charge in [-0.3, -0.25) is 0 Å². The number of unbranched alkanes of at least 4 members (excludes halogenated alkanes) is 13. The van der Waals surface area contributed by atoms with Gasteiger partial charge in [-0.2, -0.15) is 0 Å². The summed E-state index contributed by atoms with van der Waals surface area (Å²) in [6.07, 6.45) is 28.3. The predicted octanol–water partition coefficient (Wildman–Crippen LogP) is 6.56. The quantitative estimate of drug-likeness (QED) is 0.279. The molecule has 1 rings (SSSR count). The van der Waals surface area contributed by atoms with E-state index in [1.54, 1.807) is 0 Å². The van der Waals surface area contributed by atoms with E-state index >= 15 is 0 Å². The van der Waals surface area contributed by atoms with Crippen LogP contribution in [0.2, 0.25) is 0 Å². The summed E-state index contributed by atoms with van der Waals surface area (Å²) in [5.41, 5.74) is 0. The lowest BCUT2D eigenvalue weighted by Gasteiger charge is -2.02. The summed E-state index contributed by atoms with van der Waals surface area (Å²) in [6.45, 7) is 4.38. The molecule has 1 aromatic rings. The van der Waals surface area contributed by atoms with Crippen LogP contribution >= 0.6 is 0 Å². The van der Waals surface area contributed by atoms with E-state index in [0.29, 0.717) is 0 Å². The minimum atomic E-state index is 1.19. The number of nitrogens with one attached hydrogen (secondary N) is 1. The van der Waals surface area contributed by atoms with Crippen LogP contribution in [0.25, 0.3) is 6.20 Å². The van der Waals surface area contributed by atoms with Crippen molar-refractivity contribution in [1.82, 2.24) is 4.98 Å². The normalized spacial score (nSPS) is 11.6. The van der Waals surface area contributed by atoms with Crippen molar-refractivity contribution in [2.45, 2.75) is 104 Å². The smallest absolute Gasteiger partial charge is 0.247 e. The highest BCUT2D eigenvalue weighted by molar-refractivity contribution is 5.06. The highest BCUT2D eigenvalue weighted by Crippen LogP contribution is 2.12. The third-order valence-electron chi connectivity index (χ3n) is 4.66. The molecule has 1 N–H and O–H groups in total. The second-order valence-electron chi connectivity index (χ2n) is 6.87. The van der Waals surface area contributed by atoms with Crippen molar-refractivity contribution < 1.29 is 4.57 Å². The molecule has 2 nitrogen and oxygen atoms in total. The van der Waals surface area contributed by atoms with Crippen LogP contribution in [0, 0.1) is 6.92 Å². The summed E-state index contributed by atoms with van der Waals surface area (Å²) in [7, 11) is 0. The molecular weight excluding hydrogens is 280 g/mol. The van der Waals surface area contributed by atoms with Gasteiger partial charge in [0.05, 0.1) is 6.20 Å². The van der Waals surface area contributed by atoms with Crippen molar-refractivity contribution in [2.24, 2.45) is 0 Å². The maximum absolute atomic E-state index is 3.18. The number of H-pyrrole nitrogens is 1. The van der Waals surface area contributed by atoms with Crippen LogP contribution in [0.4, 0.5) is 0 Å². The Hall–Kier alpha value is -1.05. The van der Waals surface area contributed by atoms with E-state index in [1.807, 2.05) is 6.20 Å². The Morgan fingerprint density at radius 3 is 1.83 bits per heavy atom. The molecule has 0 amide bonds. The molecule has 0 aliphatic carbocycles. The lowest BCUT2D eigenvalue weighted by molar-refractivity contribution is -0.574. The number of aryl methyl sites for hydroxylation is 1. The second kappa shape index (κ2) is 14.5. The summed E-state index contributed by atoms with van der Waals surface area (Å²) in [5.74, 6) is 1.19.